The summed E-state index contributed by atoms with van der Waals surface area (Å²) in [6.45, 7) is 0.714. The molecule has 3 nitrogen and oxygen atoms in total. The van der Waals surface area contributed by atoms with E-state index in [1.54, 1.807) is 0 Å². The van der Waals surface area contributed by atoms with Crippen molar-refractivity contribution < 1.29 is 0 Å². The van der Waals surface area contributed by atoms with Crippen molar-refractivity contribution in [1.82, 2.24) is 9.97 Å². The number of halogens is 2. The third-order valence-electron chi connectivity index (χ3n) is 2.00. The van der Waals surface area contributed by atoms with Gasteiger partial charge in [0.05, 0.1) is 6.20 Å². The Morgan fingerprint density at radius 1 is 1.25 bits per heavy atom. The molecule has 0 saturated carbocycles. The average molecular weight is 346 g/mol. The molecule has 2 aromatic rings. The molecule has 1 aromatic heterocycles. The summed E-state index contributed by atoms with van der Waals surface area (Å²) >= 11 is 7.91. The van der Waals surface area contributed by atoms with Crippen LogP contribution in [0.5, 0.6) is 0 Å². The maximum atomic E-state index is 5.78. The molecule has 0 radical (unpaired) electrons. The summed E-state index contributed by atoms with van der Waals surface area (Å²) in [7, 11) is 0. The molecule has 0 aliphatic rings. The highest BCUT2D eigenvalue weighted by atomic mass is 127. The Morgan fingerprint density at radius 3 is 2.75 bits per heavy atom. The van der Waals surface area contributed by atoms with Crippen LogP contribution >= 0.6 is 34.2 Å². The standard InChI is InChI=1S/C11H9ClIN3/c12-9-7-14-10(13)11(16-9)15-6-8-4-2-1-3-5-8/h1-5,7H,6H2,(H,15,16). The van der Waals surface area contributed by atoms with E-state index >= 15 is 0 Å². The van der Waals surface area contributed by atoms with E-state index in [0.717, 1.165) is 9.52 Å². The van der Waals surface area contributed by atoms with Crippen molar-refractivity contribution >= 4 is 40.0 Å². The Balaban J connectivity index is 2.08. The van der Waals surface area contributed by atoms with E-state index < -0.39 is 0 Å². The Labute approximate surface area is 112 Å². The molecule has 5 heteroatoms. The van der Waals surface area contributed by atoms with Gasteiger partial charge in [-0.2, -0.15) is 0 Å². The number of benzene rings is 1. The van der Waals surface area contributed by atoms with Crippen LogP contribution in [0.1, 0.15) is 5.56 Å². The van der Waals surface area contributed by atoms with Crippen LogP contribution < -0.4 is 5.32 Å². The van der Waals surface area contributed by atoms with Gasteiger partial charge in [-0.1, -0.05) is 41.9 Å². The number of rotatable bonds is 3. The quantitative estimate of drug-likeness (QED) is 0.867. The van der Waals surface area contributed by atoms with Crippen LogP contribution in [-0.2, 0) is 6.54 Å². The fourth-order valence-electron chi connectivity index (χ4n) is 1.25. The first-order valence-electron chi connectivity index (χ1n) is 4.71. The van der Waals surface area contributed by atoms with Gasteiger partial charge in [-0.15, -0.1) is 0 Å². The minimum absolute atomic E-state index is 0.399. The van der Waals surface area contributed by atoms with Crippen molar-refractivity contribution in [3.63, 3.8) is 0 Å². The maximum absolute atomic E-state index is 5.78. The molecule has 1 aromatic carbocycles. The summed E-state index contributed by atoms with van der Waals surface area (Å²) in [5, 5.41) is 3.60. The van der Waals surface area contributed by atoms with Gasteiger partial charge in [0.25, 0.3) is 0 Å². The van der Waals surface area contributed by atoms with Gasteiger partial charge in [0, 0.05) is 6.54 Å². The molecule has 2 rings (SSSR count). The van der Waals surface area contributed by atoms with Crippen molar-refractivity contribution in [2.75, 3.05) is 5.32 Å². The van der Waals surface area contributed by atoms with E-state index in [9.17, 15) is 0 Å². The van der Waals surface area contributed by atoms with E-state index in [1.807, 2.05) is 18.2 Å². The summed E-state index contributed by atoms with van der Waals surface area (Å²) in [6, 6.07) is 10.1. The Kier molecular flexibility index (Phi) is 3.95. The number of hydrogen-bond acceptors (Lipinski definition) is 3. The Bertz CT molecular complexity index is 476. The maximum Gasteiger partial charge on any atom is 0.160 e. The normalized spacial score (nSPS) is 10.1. The number of hydrogen-bond donors (Lipinski definition) is 1. The summed E-state index contributed by atoms with van der Waals surface area (Å²) in [5.74, 6) is 0.719. The first-order valence-corrected chi connectivity index (χ1v) is 6.17. The molecule has 0 fully saturated rings. The molecule has 1 heterocycles. The van der Waals surface area contributed by atoms with E-state index in [0.29, 0.717) is 11.7 Å². The molecule has 0 aliphatic carbocycles. The topological polar surface area (TPSA) is 37.8 Å². The largest absolute Gasteiger partial charge is 0.364 e. The van der Waals surface area contributed by atoms with Crippen molar-refractivity contribution in [2.24, 2.45) is 0 Å². The van der Waals surface area contributed by atoms with Gasteiger partial charge in [0.1, 0.15) is 8.85 Å². The first-order chi connectivity index (χ1) is 7.75. The molecule has 82 valence electrons. The molecular weight excluding hydrogens is 336 g/mol. The third-order valence-corrected chi connectivity index (χ3v) is 2.97. The molecule has 0 aliphatic heterocycles. The zero-order valence-electron chi connectivity index (χ0n) is 8.32. The Morgan fingerprint density at radius 2 is 2.00 bits per heavy atom. The summed E-state index contributed by atoms with van der Waals surface area (Å²) in [5.41, 5.74) is 1.19. The number of nitrogens with zero attached hydrogens (tertiary/aromatic N) is 2. The van der Waals surface area contributed by atoms with Crippen LogP contribution in [-0.4, -0.2) is 9.97 Å². The molecule has 16 heavy (non-hydrogen) atoms. The third kappa shape index (κ3) is 3.05. The lowest BCUT2D eigenvalue weighted by Gasteiger charge is -2.06. The van der Waals surface area contributed by atoms with Crippen molar-refractivity contribution in [1.29, 1.82) is 0 Å². The second-order valence-corrected chi connectivity index (χ2v) is 4.58. The minimum atomic E-state index is 0.399. The lowest BCUT2D eigenvalue weighted by atomic mass is 10.2. The van der Waals surface area contributed by atoms with Crippen LogP contribution in [0.3, 0.4) is 0 Å². The van der Waals surface area contributed by atoms with Crippen molar-refractivity contribution in [2.45, 2.75) is 6.54 Å². The van der Waals surface area contributed by atoms with E-state index in [-0.39, 0.29) is 0 Å². The minimum Gasteiger partial charge on any atom is -0.364 e. The van der Waals surface area contributed by atoms with Crippen LogP contribution in [0.4, 0.5) is 5.82 Å². The van der Waals surface area contributed by atoms with Gasteiger partial charge in [0.2, 0.25) is 0 Å². The molecular formula is C11H9ClIN3. The highest BCUT2D eigenvalue weighted by Gasteiger charge is 2.03. The first kappa shape index (κ1) is 11.6. The van der Waals surface area contributed by atoms with Gasteiger partial charge >= 0.3 is 0 Å². The zero-order valence-corrected chi connectivity index (χ0v) is 11.2. The predicted molar refractivity (Wildman–Crippen MR) is 73.5 cm³/mol. The molecule has 0 amide bonds. The second-order valence-electron chi connectivity index (χ2n) is 3.17. The molecule has 0 atom stereocenters. The molecule has 0 bridgehead atoms. The lowest BCUT2D eigenvalue weighted by molar-refractivity contribution is 1.07. The monoisotopic (exact) mass is 345 g/mol. The smallest absolute Gasteiger partial charge is 0.160 e. The molecule has 0 saturated heterocycles. The van der Waals surface area contributed by atoms with Crippen LogP contribution in [0, 0.1) is 3.70 Å². The summed E-state index contributed by atoms with van der Waals surface area (Å²) < 4.78 is 0.818. The fraction of sp³-hybridized carbons (Fsp3) is 0.0909. The molecule has 0 spiro atoms. The van der Waals surface area contributed by atoms with Gasteiger partial charge in [-0.05, 0) is 28.2 Å². The van der Waals surface area contributed by atoms with Crippen molar-refractivity contribution in [3.8, 4) is 0 Å². The van der Waals surface area contributed by atoms with Gasteiger partial charge in [0.15, 0.2) is 5.82 Å². The second kappa shape index (κ2) is 5.45. The van der Waals surface area contributed by atoms with E-state index in [4.69, 9.17) is 11.6 Å². The van der Waals surface area contributed by atoms with Crippen LogP contribution in [0.2, 0.25) is 5.15 Å². The SMILES string of the molecule is Clc1cnc(I)c(NCc2ccccc2)n1. The fourth-order valence-corrected chi connectivity index (χ4v) is 1.83. The number of nitrogens with one attached hydrogen (secondary N) is 1. The van der Waals surface area contributed by atoms with Gasteiger partial charge < -0.3 is 5.32 Å². The van der Waals surface area contributed by atoms with E-state index in [2.05, 4.69) is 50.0 Å². The summed E-state index contributed by atoms with van der Waals surface area (Å²) in [4.78, 5) is 8.29. The highest BCUT2D eigenvalue weighted by Crippen LogP contribution is 2.16. The summed E-state index contributed by atoms with van der Waals surface area (Å²) in [6.07, 6.45) is 1.54. The molecule has 1 N–H and O–H groups in total. The van der Waals surface area contributed by atoms with E-state index in [1.165, 1.54) is 11.8 Å². The van der Waals surface area contributed by atoms with Gasteiger partial charge in [-0.3, -0.25) is 0 Å². The highest BCUT2D eigenvalue weighted by molar-refractivity contribution is 14.1. The molecule has 0 unspecified atom stereocenters. The number of aromatic nitrogens is 2. The van der Waals surface area contributed by atoms with Crippen molar-refractivity contribution in [3.05, 3.63) is 50.9 Å². The Hall–Kier alpha value is -0.880. The predicted octanol–water partition coefficient (Wildman–Crippen LogP) is 3.35. The number of anilines is 1. The van der Waals surface area contributed by atoms with Gasteiger partial charge in [-0.25, -0.2) is 9.97 Å². The van der Waals surface area contributed by atoms with Crippen LogP contribution in [0.15, 0.2) is 36.5 Å². The van der Waals surface area contributed by atoms with Crippen LogP contribution in [0.25, 0.3) is 0 Å². The zero-order chi connectivity index (χ0) is 11.4. The lowest BCUT2D eigenvalue weighted by Crippen LogP contribution is -2.04. The average Bonchev–Trinajstić information content (AvgIpc) is 2.32.